The van der Waals surface area contributed by atoms with Gasteiger partial charge in [-0.2, -0.15) is 0 Å². The van der Waals surface area contributed by atoms with Crippen LogP contribution in [0.1, 0.15) is 21.8 Å². The lowest BCUT2D eigenvalue weighted by molar-refractivity contribution is 0.0999. The van der Waals surface area contributed by atoms with Crippen LogP contribution in [-0.2, 0) is 9.84 Å². The van der Waals surface area contributed by atoms with Crippen molar-refractivity contribution in [1.29, 1.82) is 0 Å². The molecule has 1 aromatic rings. The second kappa shape index (κ2) is 3.34. The van der Waals surface area contributed by atoms with E-state index in [1.165, 1.54) is 0 Å². The topological polar surface area (TPSA) is 77.2 Å². The average Bonchev–Trinajstić information content (AvgIpc) is 2.14. The van der Waals surface area contributed by atoms with E-state index in [0.717, 1.165) is 5.56 Å². The van der Waals surface area contributed by atoms with Gasteiger partial charge in [0.25, 0.3) is 0 Å². The first-order chi connectivity index (χ1) is 6.99. The second-order valence-electron chi connectivity index (χ2n) is 3.73. The number of nitrogens with two attached hydrogens (primary N) is 1. The van der Waals surface area contributed by atoms with E-state index in [1.807, 2.05) is 0 Å². The third-order valence-corrected chi connectivity index (χ3v) is 4.40. The van der Waals surface area contributed by atoms with Crippen LogP contribution in [0.2, 0.25) is 0 Å². The Hall–Kier alpha value is -1.36. The maximum Gasteiger partial charge on any atom is 0.248 e. The summed E-state index contributed by atoms with van der Waals surface area (Å²) in [5.41, 5.74) is 6.39. The van der Waals surface area contributed by atoms with Gasteiger partial charge in [-0.15, -0.1) is 0 Å². The van der Waals surface area contributed by atoms with Gasteiger partial charge in [0.1, 0.15) is 0 Å². The highest BCUT2D eigenvalue weighted by atomic mass is 32.2. The van der Waals surface area contributed by atoms with Crippen molar-refractivity contribution in [2.45, 2.75) is 5.92 Å². The Morgan fingerprint density at radius 2 is 1.87 bits per heavy atom. The summed E-state index contributed by atoms with van der Waals surface area (Å²) in [6.07, 6.45) is 0. The molecule has 0 aromatic heterocycles. The fraction of sp³-hybridized carbons (Fsp3) is 0.300. The van der Waals surface area contributed by atoms with E-state index < -0.39 is 15.7 Å². The summed E-state index contributed by atoms with van der Waals surface area (Å²) in [4.78, 5) is 11.1. The third-order valence-electron chi connectivity index (χ3n) is 2.58. The minimum Gasteiger partial charge on any atom is -0.366 e. The van der Waals surface area contributed by atoms with Crippen molar-refractivity contribution >= 4 is 15.7 Å². The van der Waals surface area contributed by atoms with Crippen LogP contribution in [-0.4, -0.2) is 25.8 Å². The SMILES string of the molecule is NC(=O)c1ccccc1C1CS(=O)(=O)C1. The summed E-state index contributed by atoms with van der Waals surface area (Å²) >= 11 is 0. The lowest BCUT2D eigenvalue weighted by atomic mass is 9.96. The number of benzene rings is 1. The smallest absolute Gasteiger partial charge is 0.248 e. The normalized spacial score (nSPS) is 19.5. The fourth-order valence-electron chi connectivity index (χ4n) is 1.82. The number of amides is 1. The zero-order valence-electron chi connectivity index (χ0n) is 8.01. The first kappa shape index (κ1) is 10.2. The Balaban J connectivity index is 2.34. The molecule has 80 valence electrons. The van der Waals surface area contributed by atoms with E-state index in [4.69, 9.17) is 5.73 Å². The summed E-state index contributed by atoms with van der Waals surface area (Å²) in [5.74, 6) is -0.331. The fourth-order valence-corrected chi connectivity index (χ4v) is 3.31. The Labute approximate surface area is 88.0 Å². The first-order valence-electron chi connectivity index (χ1n) is 4.59. The molecule has 0 spiro atoms. The molecule has 0 unspecified atom stereocenters. The van der Waals surface area contributed by atoms with Crippen molar-refractivity contribution in [2.75, 3.05) is 11.5 Å². The predicted octanol–water partition coefficient (Wildman–Crippen LogP) is 0.298. The second-order valence-corrected chi connectivity index (χ2v) is 5.88. The predicted molar refractivity (Wildman–Crippen MR) is 56.4 cm³/mol. The van der Waals surface area contributed by atoms with Crippen LogP contribution < -0.4 is 5.73 Å². The van der Waals surface area contributed by atoms with Crippen LogP contribution in [0.25, 0.3) is 0 Å². The summed E-state index contributed by atoms with van der Waals surface area (Å²) in [5, 5.41) is 0. The molecule has 0 saturated carbocycles. The average molecular weight is 225 g/mol. The molecule has 1 aromatic carbocycles. The van der Waals surface area contributed by atoms with Gasteiger partial charge in [0, 0.05) is 11.5 Å². The summed E-state index contributed by atoms with van der Waals surface area (Å²) in [6.45, 7) is 0. The molecule has 0 atom stereocenters. The molecule has 5 heteroatoms. The van der Waals surface area contributed by atoms with Crippen molar-refractivity contribution in [2.24, 2.45) is 5.73 Å². The molecule has 15 heavy (non-hydrogen) atoms. The quantitative estimate of drug-likeness (QED) is 0.786. The van der Waals surface area contributed by atoms with Crippen molar-refractivity contribution in [3.05, 3.63) is 35.4 Å². The van der Waals surface area contributed by atoms with Crippen LogP contribution in [0.15, 0.2) is 24.3 Å². The standard InChI is InChI=1S/C10H11NO3S/c11-10(12)9-4-2-1-3-8(9)7-5-15(13,14)6-7/h1-4,7H,5-6H2,(H2,11,12). The van der Waals surface area contributed by atoms with E-state index in [-0.39, 0.29) is 17.4 Å². The van der Waals surface area contributed by atoms with E-state index in [2.05, 4.69) is 0 Å². The molecule has 2 N–H and O–H groups in total. The molecule has 1 fully saturated rings. The zero-order chi connectivity index (χ0) is 11.1. The van der Waals surface area contributed by atoms with Gasteiger partial charge < -0.3 is 5.73 Å². The molecule has 1 aliphatic rings. The van der Waals surface area contributed by atoms with Gasteiger partial charge in [-0.05, 0) is 11.6 Å². The largest absolute Gasteiger partial charge is 0.366 e. The van der Waals surface area contributed by atoms with Crippen LogP contribution >= 0.6 is 0 Å². The number of rotatable bonds is 2. The van der Waals surface area contributed by atoms with Gasteiger partial charge in [0.2, 0.25) is 5.91 Å². The van der Waals surface area contributed by atoms with E-state index in [0.29, 0.717) is 5.56 Å². The molecule has 0 radical (unpaired) electrons. The van der Waals surface area contributed by atoms with Gasteiger partial charge in [0.15, 0.2) is 9.84 Å². The number of primary amides is 1. The number of hydrogen-bond donors (Lipinski definition) is 1. The Morgan fingerprint density at radius 1 is 1.27 bits per heavy atom. The molecular formula is C10H11NO3S. The Bertz CT molecular complexity index is 495. The van der Waals surface area contributed by atoms with Gasteiger partial charge in [-0.3, -0.25) is 4.79 Å². The molecular weight excluding hydrogens is 214 g/mol. The van der Waals surface area contributed by atoms with E-state index in [1.54, 1.807) is 24.3 Å². The molecule has 4 nitrogen and oxygen atoms in total. The number of carbonyl (C=O) groups is 1. The first-order valence-corrected chi connectivity index (χ1v) is 6.41. The summed E-state index contributed by atoms with van der Waals surface area (Å²) in [6, 6.07) is 6.89. The minimum atomic E-state index is -2.87. The molecule has 1 heterocycles. The van der Waals surface area contributed by atoms with Crippen molar-refractivity contribution in [3.8, 4) is 0 Å². The Kier molecular flexibility index (Phi) is 2.26. The molecule has 2 rings (SSSR count). The van der Waals surface area contributed by atoms with Crippen molar-refractivity contribution in [3.63, 3.8) is 0 Å². The molecule has 1 aliphatic heterocycles. The van der Waals surface area contributed by atoms with Crippen LogP contribution in [0, 0.1) is 0 Å². The van der Waals surface area contributed by atoms with Gasteiger partial charge in [-0.1, -0.05) is 18.2 Å². The molecule has 1 saturated heterocycles. The summed E-state index contributed by atoms with van der Waals surface area (Å²) < 4.78 is 22.1. The monoisotopic (exact) mass is 225 g/mol. The highest BCUT2D eigenvalue weighted by molar-refractivity contribution is 7.92. The van der Waals surface area contributed by atoms with E-state index >= 15 is 0 Å². The van der Waals surface area contributed by atoms with Crippen molar-refractivity contribution in [1.82, 2.24) is 0 Å². The highest BCUT2D eigenvalue weighted by Gasteiger charge is 2.35. The van der Waals surface area contributed by atoms with Crippen molar-refractivity contribution < 1.29 is 13.2 Å². The van der Waals surface area contributed by atoms with Gasteiger partial charge in [0.05, 0.1) is 11.5 Å². The van der Waals surface area contributed by atoms with E-state index in [9.17, 15) is 13.2 Å². The lowest BCUT2D eigenvalue weighted by Gasteiger charge is -2.27. The van der Waals surface area contributed by atoms with Crippen LogP contribution in [0.4, 0.5) is 0 Å². The lowest BCUT2D eigenvalue weighted by Crippen LogP contribution is -2.35. The van der Waals surface area contributed by atoms with Gasteiger partial charge >= 0.3 is 0 Å². The van der Waals surface area contributed by atoms with Crippen LogP contribution in [0.5, 0.6) is 0 Å². The molecule has 1 amide bonds. The number of hydrogen-bond acceptors (Lipinski definition) is 3. The summed E-state index contributed by atoms with van der Waals surface area (Å²) in [7, 11) is -2.87. The molecule has 0 aliphatic carbocycles. The van der Waals surface area contributed by atoms with Gasteiger partial charge in [-0.25, -0.2) is 8.42 Å². The Morgan fingerprint density at radius 3 is 2.40 bits per heavy atom. The minimum absolute atomic E-state index is 0.0706. The molecule has 0 bridgehead atoms. The maximum absolute atomic E-state index is 11.1. The third kappa shape index (κ3) is 1.87. The highest BCUT2D eigenvalue weighted by Crippen LogP contribution is 2.31. The zero-order valence-corrected chi connectivity index (χ0v) is 8.83. The maximum atomic E-state index is 11.1. The number of carbonyl (C=O) groups excluding carboxylic acids is 1. The number of sulfone groups is 1. The van der Waals surface area contributed by atoms with Crippen LogP contribution in [0.3, 0.4) is 0 Å².